The number of carbonyl (C=O) groups is 2. The second-order valence-electron chi connectivity index (χ2n) is 7.18. The fourth-order valence-electron chi connectivity index (χ4n) is 3.27. The van der Waals surface area contributed by atoms with Crippen LogP contribution >= 0.6 is 11.6 Å². The first-order chi connectivity index (χ1) is 15.4. The van der Waals surface area contributed by atoms with E-state index in [1.54, 1.807) is 43.3 Å². The highest BCUT2D eigenvalue weighted by molar-refractivity contribution is 6.33. The molecule has 8 heteroatoms. The van der Waals surface area contributed by atoms with Crippen LogP contribution in [0.1, 0.15) is 37.7 Å². The summed E-state index contributed by atoms with van der Waals surface area (Å²) in [4.78, 5) is 25.4. The van der Waals surface area contributed by atoms with E-state index >= 15 is 0 Å². The number of halogens is 1. The lowest BCUT2D eigenvalue weighted by molar-refractivity contribution is 0.0844. The maximum atomic E-state index is 13.0. The molecule has 0 aliphatic heterocycles. The van der Waals surface area contributed by atoms with Gasteiger partial charge in [-0.05, 0) is 48.9 Å². The van der Waals surface area contributed by atoms with Crippen molar-refractivity contribution >= 4 is 34.2 Å². The van der Waals surface area contributed by atoms with E-state index in [0.29, 0.717) is 11.5 Å². The summed E-state index contributed by atoms with van der Waals surface area (Å²) in [6.07, 6.45) is 0. The number of benzene rings is 3. The second-order valence-corrected chi connectivity index (χ2v) is 7.58. The molecule has 4 rings (SSSR count). The molecule has 0 bridgehead atoms. The number of amides is 2. The molecule has 0 fully saturated rings. The van der Waals surface area contributed by atoms with E-state index in [0.717, 1.165) is 22.0 Å². The summed E-state index contributed by atoms with van der Waals surface area (Å²) in [5.41, 5.74) is 6.90. The first-order valence-electron chi connectivity index (χ1n) is 9.86. The zero-order chi connectivity index (χ0) is 22.7. The molecule has 0 saturated heterocycles. The number of carbonyl (C=O) groups excluding carboxylic acids is 2. The predicted octanol–water partition coefficient (Wildman–Crippen LogP) is 4.75. The van der Waals surface area contributed by atoms with Crippen molar-refractivity contribution in [3.63, 3.8) is 0 Å². The Balaban J connectivity index is 1.58. The van der Waals surface area contributed by atoms with Crippen LogP contribution in [0.25, 0.3) is 10.8 Å². The highest BCUT2D eigenvalue weighted by atomic mass is 35.5. The summed E-state index contributed by atoms with van der Waals surface area (Å²) in [6, 6.07) is 17.7. The molecule has 2 amide bonds. The van der Waals surface area contributed by atoms with Crippen LogP contribution in [0.4, 0.5) is 0 Å². The quantitative estimate of drug-likeness (QED) is 0.429. The second kappa shape index (κ2) is 9.11. The summed E-state index contributed by atoms with van der Waals surface area (Å²) in [5, 5.41) is 5.99. The Bertz CT molecular complexity index is 1300. The number of aryl methyl sites for hydroxylation is 2. The number of hydrogen-bond donors (Lipinski definition) is 2. The molecule has 7 nitrogen and oxygen atoms in total. The molecule has 162 valence electrons. The standard InChI is InChI=1S/C24H20ClN3O4/c1-14-20(15(2)32-28-14)13-31-22-12-17-8-4-3-7-16(17)11-19(22)24(30)27-26-23(29)18-9-5-6-10-21(18)25/h3-12H,13H2,1-2H3,(H,26,29)(H,27,30). The average Bonchev–Trinajstić information content (AvgIpc) is 3.12. The first kappa shape index (κ1) is 21.4. The van der Waals surface area contributed by atoms with E-state index in [1.165, 1.54) is 0 Å². The van der Waals surface area contributed by atoms with E-state index in [-0.39, 0.29) is 22.8 Å². The summed E-state index contributed by atoms with van der Waals surface area (Å²) in [5.74, 6) is -0.0256. The molecule has 0 spiro atoms. The lowest BCUT2D eigenvalue weighted by Gasteiger charge is -2.14. The Morgan fingerprint density at radius 1 is 0.938 bits per heavy atom. The maximum Gasteiger partial charge on any atom is 0.273 e. The van der Waals surface area contributed by atoms with Crippen molar-refractivity contribution in [2.75, 3.05) is 0 Å². The Labute approximate surface area is 189 Å². The van der Waals surface area contributed by atoms with Crippen LogP contribution in [0.3, 0.4) is 0 Å². The minimum atomic E-state index is -0.525. The highest BCUT2D eigenvalue weighted by Gasteiger charge is 2.18. The van der Waals surface area contributed by atoms with Gasteiger partial charge in [0.05, 0.1) is 27.4 Å². The molecular formula is C24H20ClN3O4. The number of nitrogens with one attached hydrogen (secondary N) is 2. The monoisotopic (exact) mass is 449 g/mol. The summed E-state index contributed by atoms with van der Waals surface area (Å²) >= 11 is 6.05. The topological polar surface area (TPSA) is 93.5 Å². The molecule has 0 aliphatic carbocycles. The van der Waals surface area contributed by atoms with Gasteiger partial charge in [0, 0.05) is 0 Å². The van der Waals surface area contributed by atoms with E-state index in [9.17, 15) is 9.59 Å². The molecule has 0 unspecified atom stereocenters. The Morgan fingerprint density at radius 3 is 2.22 bits per heavy atom. The van der Waals surface area contributed by atoms with E-state index < -0.39 is 11.8 Å². The SMILES string of the molecule is Cc1noc(C)c1COc1cc2ccccc2cc1C(=O)NNC(=O)c1ccccc1Cl. The van der Waals surface area contributed by atoms with Gasteiger partial charge >= 0.3 is 0 Å². The number of fused-ring (bicyclic) bond motifs is 1. The molecule has 0 saturated carbocycles. The Morgan fingerprint density at radius 2 is 1.56 bits per heavy atom. The Kier molecular flexibility index (Phi) is 6.09. The number of nitrogens with zero attached hydrogens (tertiary/aromatic N) is 1. The van der Waals surface area contributed by atoms with Crippen molar-refractivity contribution in [1.82, 2.24) is 16.0 Å². The fourth-order valence-corrected chi connectivity index (χ4v) is 3.49. The fraction of sp³-hybridized carbons (Fsp3) is 0.125. The molecule has 0 aliphatic rings. The summed E-state index contributed by atoms with van der Waals surface area (Å²) in [7, 11) is 0. The van der Waals surface area contributed by atoms with Crippen LogP contribution in [-0.2, 0) is 6.61 Å². The number of ether oxygens (including phenoxy) is 1. The van der Waals surface area contributed by atoms with Gasteiger partial charge in [0.2, 0.25) is 0 Å². The largest absolute Gasteiger partial charge is 0.488 e. The number of hydrogen-bond acceptors (Lipinski definition) is 5. The molecule has 4 aromatic rings. The normalized spacial score (nSPS) is 10.7. The van der Waals surface area contributed by atoms with Crippen LogP contribution in [0, 0.1) is 13.8 Å². The summed E-state index contributed by atoms with van der Waals surface area (Å²) < 4.78 is 11.2. The van der Waals surface area contributed by atoms with Crippen LogP contribution in [0.2, 0.25) is 5.02 Å². The van der Waals surface area contributed by atoms with Crippen molar-refractivity contribution in [1.29, 1.82) is 0 Å². The first-order valence-corrected chi connectivity index (χ1v) is 10.2. The summed E-state index contributed by atoms with van der Waals surface area (Å²) in [6.45, 7) is 3.82. The third-order valence-electron chi connectivity index (χ3n) is 5.05. The van der Waals surface area contributed by atoms with Gasteiger partial charge in [0.25, 0.3) is 11.8 Å². The number of hydrazine groups is 1. The maximum absolute atomic E-state index is 13.0. The van der Waals surface area contributed by atoms with Crippen molar-refractivity contribution in [2.24, 2.45) is 0 Å². The van der Waals surface area contributed by atoms with Gasteiger partial charge in [-0.1, -0.05) is 53.2 Å². The predicted molar refractivity (Wildman–Crippen MR) is 121 cm³/mol. The van der Waals surface area contributed by atoms with Gasteiger partial charge in [-0.2, -0.15) is 0 Å². The van der Waals surface area contributed by atoms with E-state index in [2.05, 4.69) is 16.0 Å². The molecule has 1 heterocycles. The van der Waals surface area contributed by atoms with Crippen molar-refractivity contribution in [2.45, 2.75) is 20.5 Å². The third kappa shape index (κ3) is 4.43. The van der Waals surface area contributed by atoms with Gasteiger partial charge in [-0.15, -0.1) is 0 Å². The van der Waals surface area contributed by atoms with E-state index in [4.69, 9.17) is 20.9 Å². The van der Waals surface area contributed by atoms with E-state index in [1.807, 2.05) is 31.2 Å². The molecule has 2 N–H and O–H groups in total. The third-order valence-corrected chi connectivity index (χ3v) is 5.38. The molecular weight excluding hydrogens is 430 g/mol. The zero-order valence-electron chi connectivity index (χ0n) is 17.4. The molecule has 0 radical (unpaired) electrons. The van der Waals surface area contributed by atoms with Crippen molar-refractivity contribution < 1.29 is 18.8 Å². The van der Waals surface area contributed by atoms with Gasteiger partial charge < -0.3 is 9.26 Å². The average molecular weight is 450 g/mol. The minimum Gasteiger partial charge on any atom is -0.488 e. The van der Waals surface area contributed by atoms with Gasteiger partial charge in [-0.3, -0.25) is 20.4 Å². The van der Waals surface area contributed by atoms with Crippen LogP contribution < -0.4 is 15.6 Å². The lowest BCUT2D eigenvalue weighted by atomic mass is 10.1. The minimum absolute atomic E-state index is 0.186. The smallest absolute Gasteiger partial charge is 0.273 e. The lowest BCUT2D eigenvalue weighted by Crippen LogP contribution is -2.41. The van der Waals surface area contributed by atoms with Gasteiger partial charge in [0.1, 0.15) is 18.1 Å². The Hall–Kier alpha value is -3.84. The zero-order valence-corrected chi connectivity index (χ0v) is 18.2. The van der Waals surface area contributed by atoms with Gasteiger partial charge in [-0.25, -0.2) is 0 Å². The number of aromatic nitrogens is 1. The molecule has 3 aromatic carbocycles. The molecule has 32 heavy (non-hydrogen) atoms. The van der Waals surface area contributed by atoms with Crippen molar-refractivity contribution in [3.05, 3.63) is 93.8 Å². The molecule has 0 atom stereocenters. The van der Waals surface area contributed by atoms with Crippen molar-refractivity contribution in [3.8, 4) is 5.75 Å². The number of rotatable bonds is 5. The van der Waals surface area contributed by atoms with Gasteiger partial charge in [0.15, 0.2) is 0 Å². The van der Waals surface area contributed by atoms with Crippen LogP contribution in [-0.4, -0.2) is 17.0 Å². The molecule has 1 aromatic heterocycles. The van der Waals surface area contributed by atoms with Crippen LogP contribution in [0.15, 0.2) is 65.2 Å². The highest BCUT2D eigenvalue weighted by Crippen LogP contribution is 2.28. The van der Waals surface area contributed by atoms with Crippen LogP contribution in [0.5, 0.6) is 5.75 Å².